The number of nitrogens with one attached hydrogen (secondary N) is 1. The molecule has 1 heterocycles. The molecule has 1 aliphatic heterocycles. The number of sulfonamides is 1. The zero-order valence-corrected chi connectivity index (χ0v) is 20.2. The van der Waals surface area contributed by atoms with Gasteiger partial charge in [0.25, 0.3) is 0 Å². The maximum absolute atomic E-state index is 13.4. The van der Waals surface area contributed by atoms with E-state index < -0.39 is 16.1 Å². The van der Waals surface area contributed by atoms with Gasteiger partial charge in [-0.1, -0.05) is 49.4 Å². The van der Waals surface area contributed by atoms with Crippen molar-refractivity contribution < 1.29 is 17.9 Å². The summed E-state index contributed by atoms with van der Waals surface area (Å²) in [5.41, 5.74) is 3.27. The lowest BCUT2D eigenvalue weighted by atomic mass is 9.74. The Hall–Kier alpha value is -2.38. The topological polar surface area (TPSA) is 75.7 Å². The van der Waals surface area contributed by atoms with Crippen LogP contribution in [0.4, 0.5) is 5.69 Å². The molecule has 2 aromatic carbocycles. The fraction of sp³-hybridized carbons (Fsp3) is 0.480. The van der Waals surface area contributed by atoms with Crippen molar-refractivity contribution in [1.82, 2.24) is 5.32 Å². The second kappa shape index (κ2) is 10.0. The van der Waals surface area contributed by atoms with Crippen molar-refractivity contribution in [3.05, 3.63) is 65.2 Å². The standard InChI is InChI=1S/C25H34N2O4S/c1-5-22(27(32(4,29)30)23-17-19(2)11-12-20(23)3)24(28)26-18-25(13-15-31-16-14-25)21-9-7-6-8-10-21/h6-12,17,22H,5,13-16,18H2,1-4H3,(H,26,28)/t22-/m0/s1. The number of hydrogen-bond donors (Lipinski definition) is 1. The Labute approximate surface area is 192 Å². The van der Waals surface area contributed by atoms with Crippen LogP contribution >= 0.6 is 0 Å². The van der Waals surface area contributed by atoms with Crippen LogP contribution in [0, 0.1) is 13.8 Å². The second-order valence-corrected chi connectivity index (χ2v) is 10.6. The largest absolute Gasteiger partial charge is 0.381 e. The molecule has 7 heteroatoms. The molecule has 2 aromatic rings. The summed E-state index contributed by atoms with van der Waals surface area (Å²) in [6, 6.07) is 15.0. The van der Waals surface area contributed by atoms with Crippen LogP contribution in [0.1, 0.15) is 42.9 Å². The average Bonchev–Trinajstić information content (AvgIpc) is 2.78. The summed E-state index contributed by atoms with van der Waals surface area (Å²) >= 11 is 0. The Morgan fingerprint density at radius 2 is 1.78 bits per heavy atom. The summed E-state index contributed by atoms with van der Waals surface area (Å²) in [4.78, 5) is 13.4. The van der Waals surface area contributed by atoms with Crippen molar-refractivity contribution in [1.29, 1.82) is 0 Å². The highest BCUT2D eigenvalue weighted by molar-refractivity contribution is 7.92. The molecule has 6 nitrogen and oxygen atoms in total. The Bertz CT molecular complexity index is 1030. The van der Waals surface area contributed by atoms with Crippen molar-refractivity contribution in [3.8, 4) is 0 Å². The van der Waals surface area contributed by atoms with Crippen LogP contribution in [-0.2, 0) is 25.0 Å². The summed E-state index contributed by atoms with van der Waals surface area (Å²) in [6.45, 7) is 7.35. The number of ether oxygens (including phenoxy) is 1. The Kier molecular flexibility index (Phi) is 7.62. The smallest absolute Gasteiger partial charge is 0.243 e. The van der Waals surface area contributed by atoms with E-state index in [1.54, 1.807) is 0 Å². The lowest BCUT2D eigenvalue weighted by molar-refractivity contribution is -0.122. The van der Waals surface area contributed by atoms with Crippen molar-refractivity contribution in [2.24, 2.45) is 0 Å². The van der Waals surface area contributed by atoms with Crippen LogP contribution in [0.2, 0.25) is 0 Å². The summed E-state index contributed by atoms with van der Waals surface area (Å²) in [6.07, 6.45) is 3.14. The van der Waals surface area contributed by atoms with Gasteiger partial charge in [0.05, 0.1) is 11.9 Å². The van der Waals surface area contributed by atoms with Crippen molar-refractivity contribution in [2.45, 2.75) is 51.5 Å². The Balaban J connectivity index is 1.89. The van der Waals surface area contributed by atoms with Crippen LogP contribution in [0.3, 0.4) is 0 Å². The molecule has 1 N–H and O–H groups in total. The number of hydrogen-bond acceptors (Lipinski definition) is 4. The van der Waals surface area contributed by atoms with Crippen LogP contribution < -0.4 is 9.62 Å². The van der Waals surface area contributed by atoms with Gasteiger partial charge in [-0.2, -0.15) is 0 Å². The van der Waals surface area contributed by atoms with Crippen molar-refractivity contribution >= 4 is 21.6 Å². The average molecular weight is 459 g/mol. The Morgan fingerprint density at radius 3 is 2.38 bits per heavy atom. The van der Waals surface area contributed by atoms with Gasteiger partial charge < -0.3 is 10.1 Å². The summed E-state index contributed by atoms with van der Waals surface area (Å²) in [7, 11) is -3.67. The molecule has 32 heavy (non-hydrogen) atoms. The fourth-order valence-electron chi connectivity index (χ4n) is 4.49. The predicted molar refractivity (Wildman–Crippen MR) is 129 cm³/mol. The minimum Gasteiger partial charge on any atom is -0.381 e. The SMILES string of the molecule is CC[C@@H](C(=O)NCC1(c2ccccc2)CCOCC1)N(c1cc(C)ccc1C)S(C)(=O)=O. The number of rotatable bonds is 8. The summed E-state index contributed by atoms with van der Waals surface area (Å²) in [5.74, 6) is -0.277. The van der Waals surface area contributed by atoms with Gasteiger partial charge >= 0.3 is 0 Å². The van der Waals surface area contributed by atoms with Gasteiger partial charge in [-0.05, 0) is 55.9 Å². The molecule has 1 aliphatic rings. The minimum absolute atomic E-state index is 0.220. The number of aryl methyl sites for hydroxylation is 2. The molecule has 0 unspecified atom stereocenters. The molecular formula is C25H34N2O4S. The zero-order chi connectivity index (χ0) is 23.4. The van der Waals surface area contributed by atoms with Gasteiger partial charge in [-0.25, -0.2) is 8.42 Å². The number of carbonyl (C=O) groups excluding carboxylic acids is 1. The summed E-state index contributed by atoms with van der Waals surface area (Å²) in [5, 5.41) is 3.10. The monoisotopic (exact) mass is 458 g/mol. The molecule has 0 aromatic heterocycles. The van der Waals surface area contributed by atoms with Gasteiger partial charge in [-0.3, -0.25) is 9.10 Å². The zero-order valence-electron chi connectivity index (χ0n) is 19.4. The third-order valence-electron chi connectivity index (χ3n) is 6.37. The number of nitrogens with zero attached hydrogens (tertiary/aromatic N) is 1. The first kappa shape index (κ1) is 24.3. The van der Waals surface area contributed by atoms with Crippen LogP contribution in [0.5, 0.6) is 0 Å². The highest BCUT2D eigenvalue weighted by atomic mass is 32.2. The first-order valence-corrected chi connectivity index (χ1v) is 13.0. The van der Waals surface area contributed by atoms with Crippen molar-refractivity contribution in [3.63, 3.8) is 0 Å². The molecular weight excluding hydrogens is 424 g/mol. The number of anilines is 1. The molecule has 1 saturated heterocycles. The van der Waals surface area contributed by atoms with Gasteiger partial charge in [0.1, 0.15) is 6.04 Å². The van der Waals surface area contributed by atoms with Gasteiger partial charge in [0.15, 0.2) is 0 Å². The third-order valence-corrected chi connectivity index (χ3v) is 7.53. The molecule has 1 atom stereocenters. The third kappa shape index (κ3) is 5.33. The van der Waals surface area contributed by atoms with Crippen LogP contribution in [0.15, 0.2) is 48.5 Å². The molecule has 0 bridgehead atoms. The molecule has 0 spiro atoms. The van der Waals surface area contributed by atoms with Gasteiger partial charge in [0, 0.05) is 25.2 Å². The quantitative estimate of drug-likeness (QED) is 0.654. The Morgan fingerprint density at radius 1 is 1.12 bits per heavy atom. The predicted octanol–water partition coefficient (Wildman–Crippen LogP) is 3.71. The fourth-order valence-corrected chi connectivity index (χ4v) is 5.75. The summed E-state index contributed by atoms with van der Waals surface area (Å²) < 4.78 is 32.5. The number of benzene rings is 2. The van der Waals surface area contributed by atoms with E-state index in [0.717, 1.165) is 30.2 Å². The van der Waals surface area contributed by atoms with E-state index in [4.69, 9.17) is 4.74 Å². The lowest BCUT2D eigenvalue weighted by Gasteiger charge is -2.39. The normalized spacial score (nSPS) is 16.9. The van der Waals surface area contributed by atoms with E-state index in [1.807, 2.05) is 57.2 Å². The van der Waals surface area contributed by atoms with Crippen LogP contribution in [-0.4, -0.2) is 46.4 Å². The van der Waals surface area contributed by atoms with E-state index in [1.165, 1.54) is 9.87 Å². The highest BCUT2D eigenvalue weighted by Gasteiger charge is 2.37. The molecule has 0 aliphatic carbocycles. The minimum atomic E-state index is -3.67. The lowest BCUT2D eigenvalue weighted by Crippen LogP contribution is -2.53. The van der Waals surface area contributed by atoms with E-state index in [-0.39, 0.29) is 11.3 Å². The van der Waals surface area contributed by atoms with E-state index >= 15 is 0 Å². The van der Waals surface area contributed by atoms with Gasteiger partial charge in [-0.15, -0.1) is 0 Å². The molecule has 0 radical (unpaired) electrons. The molecule has 3 rings (SSSR count). The first-order valence-electron chi connectivity index (χ1n) is 11.2. The van der Waals surface area contributed by atoms with Crippen LogP contribution in [0.25, 0.3) is 0 Å². The highest BCUT2D eigenvalue weighted by Crippen LogP contribution is 2.34. The maximum Gasteiger partial charge on any atom is 0.243 e. The van der Waals surface area contributed by atoms with E-state index in [2.05, 4.69) is 17.4 Å². The van der Waals surface area contributed by atoms with E-state index in [0.29, 0.717) is 31.9 Å². The number of amides is 1. The van der Waals surface area contributed by atoms with Crippen molar-refractivity contribution in [2.75, 3.05) is 30.3 Å². The van der Waals surface area contributed by atoms with Gasteiger partial charge in [0.2, 0.25) is 15.9 Å². The molecule has 1 amide bonds. The second-order valence-electron chi connectivity index (χ2n) is 8.75. The van der Waals surface area contributed by atoms with E-state index in [9.17, 15) is 13.2 Å². The molecule has 0 saturated carbocycles. The first-order chi connectivity index (χ1) is 15.2. The number of carbonyl (C=O) groups is 1. The molecule has 1 fully saturated rings. The molecule has 174 valence electrons. The maximum atomic E-state index is 13.4.